The molecule has 1 aromatic rings. The number of hydrogen-bond acceptors (Lipinski definition) is 4. The molecule has 0 aliphatic carbocycles. The van der Waals surface area contributed by atoms with Gasteiger partial charge >= 0.3 is 5.97 Å². The van der Waals surface area contributed by atoms with Crippen molar-refractivity contribution in [1.29, 1.82) is 0 Å². The Hall–Kier alpha value is -1.55. The van der Waals surface area contributed by atoms with E-state index >= 15 is 0 Å². The first kappa shape index (κ1) is 10.5. The highest BCUT2D eigenvalue weighted by Gasteiger charge is 2.10. The van der Waals surface area contributed by atoms with Crippen molar-refractivity contribution in [3.8, 4) is 5.95 Å². The monoisotopic (exact) mass is 195 g/mol. The van der Waals surface area contributed by atoms with E-state index in [9.17, 15) is 4.79 Å². The highest BCUT2D eigenvalue weighted by atomic mass is 16.6. The summed E-state index contributed by atoms with van der Waals surface area (Å²) in [5, 5.41) is 0. The summed E-state index contributed by atoms with van der Waals surface area (Å²) in [6.45, 7) is 4.14. The van der Waals surface area contributed by atoms with Crippen LogP contribution in [0.25, 0.3) is 0 Å². The lowest BCUT2D eigenvalue weighted by atomic mass is 10.2. The quantitative estimate of drug-likeness (QED) is 0.571. The van der Waals surface area contributed by atoms with Gasteiger partial charge in [0.25, 0.3) is 5.95 Å². The summed E-state index contributed by atoms with van der Waals surface area (Å²) in [5.74, 6) is -0.280. The van der Waals surface area contributed by atoms with Crippen LogP contribution < -0.4 is 10.5 Å². The SMILES string of the molecule is C=C(CCCN)C(=O)Oc1ccco1. The number of hydrogen-bond donors (Lipinski definition) is 1. The van der Waals surface area contributed by atoms with Gasteiger partial charge in [0.2, 0.25) is 0 Å². The van der Waals surface area contributed by atoms with E-state index in [-0.39, 0.29) is 5.95 Å². The first-order chi connectivity index (χ1) is 6.74. The van der Waals surface area contributed by atoms with Crippen LogP contribution in [0.2, 0.25) is 0 Å². The first-order valence-electron chi connectivity index (χ1n) is 4.37. The second-order valence-corrected chi connectivity index (χ2v) is 2.82. The summed E-state index contributed by atoms with van der Waals surface area (Å²) in [6, 6.07) is 3.21. The lowest BCUT2D eigenvalue weighted by molar-refractivity contribution is -0.131. The molecule has 0 amide bonds. The van der Waals surface area contributed by atoms with Crippen LogP contribution in [0.1, 0.15) is 12.8 Å². The van der Waals surface area contributed by atoms with E-state index in [2.05, 4.69) is 6.58 Å². The highest BCUT2D eigenvalue weighted by molar-refractivity contribution is 5.89. The fourth-order valence-electron chi connectivity index (χ4n) is 0.903. The van der Waals surface area contributed by atoms with Crippen LogP contribution in [0.4, 0.5) is 0 Å². The molecule has 0 saturated heterocycles. The Balaban J connectivity index is 2.38. The highest BCUT2D eigenvalue weighted by Crippen LogP contribution is 2.13. The van der Waals surface area contributed by atoms with Gasteiger partial charge in [-0.25, -0.2) is 4.79 Å². The fraction of sp³-hybridized carbons (Fsp3) is 0.300. The van der Waals surface area contributed by atoms with E-state index in [0.717, 1.165) is 6.42 Å². The summed E-state index contributed by atoms with van der Waals surface area (Å²) in [7, 11) is 0. The molecular formula is C10H13NO3. The topological polar surface area (TPSA) is 65.5 Å². The van der Waals surface area contributed by atoms with Gasteiger partial charge in [0, 0.05) is 11.6 Å². The number of esters is 1. The van der Waals surface area contributed by atoms with Gasteiger partial charge in [-0.05, 0) is 25.5 Å². The van der Waals surface area contributed by atoms with Gasteiger partial charge in [-0.15, -0.1) is 0 Å². The van der Waals surface area contributed by atoms with E-state index in [0.29, 0.717) is 18.5 Å². The molecule has 0 aliphatic heterocycles. The number of furan rings is 1. The van der Waals surface area contributed by atoms with Crippen LogP contribution in [0, 0.1) is 0 Å². The molecule has 14 heavy (non-hydrogen) atoms. The Morgan fingerprint density at radius 2 is 2.43 bits per heavy atom. The van der Waals surface area contributed by atoms with Gasteiger partial charge in [0.15, 0.2) is 0 Å². The molecule has 0 bridgehead atoms. The maximum absolute atomic E-state index is 11.3. The van der Waals surface area contributed by atoms with Crippen LogP contribution in [0.3, 0.4) is 0 Å². The molecule has 76 valence electrons. The van der Waals surface area contributed by atoms with Gasteiger partial charge in [-0.2, -0.15) is 0 Å². The van der Waals surface area contributed by atoms with Gasteiger partial charge in [0.1, 0.15) is 0 Å². The van der Waals surface area contributed by atoms with Gasteiger partial charge in [0.05, 0.1) is 6.26 Å². The van der Waals surface area contributed by atoms with Crippen molar-refractivity contribution in [2.24, 2.45) is 5.73 Å². The van der Waals surface area contributed by atoms with Gasteiger partial charge < -0.3 is 14.9 Å². The Bertz CT molecular complexity index is 303. The zero-order valence-electron chi connectivity index (χ0n) is 7.86. The minimum absolute atomic E-state index is 0.184. The zero-order chi connectivity index (χ0) is 10.4. The number of carbonyl (C=O) groups is 1. The van der Waals surface area contributed by atoms with E-state index < -0.39 is 5.97 Å². The summed E-state index contributed by atoms with van der Waals surface area (Å²) in [6.07, 6.45) is 2.72. The van der Waals surface area contributed by atoms with Crippen LogP contribution >= 0.6 is 0 Å². The van der Waals surface area contributed by atoms with E-state index in [1.54, 1.807) is 12.1 Å². The summed E-state index contributed by atoms with van der Waals surface area (Å²) in [4.78, 5) is 11.3. The largest absolute Gasteiger partial charge is 0.434 e. The molecule has 4 nitrogen and oxygen atoms in total. The van der Waals surface area contributed by atoms with Crippen molar-refractivity contribution in [2.75, 3.05) is 6.54 Å². The third-order valence-electron chi connectivity index (χ3n) is 1.66. The van der Waals surface area contributed by atoms with Crippen LogP contribution in [0.5, 0.6) is 5.95 Å². The van der Waals surface area contributed by atoms with Crippen molar-refractivity contribution in [3.05, 3.63) is 30.5 Å². The Labute approximate surface area is 82.3 Å². The summed E-state index contributed by atoms with van der Waals surface area (Å²) >= 11 is 0. The molecule has 0 aromatic carbocycles. The zero-order valence-corrected chi connectivity index (χ0v) is 7.86. The molecule has 0 unspecified atom stereocenters. The number of ether oxygens (including phenoxy) is 1. The van der Waals surface area contributed by atoms with Gasteiger partial charge in [-0.1, -0.05) is 6.58 Å². The molecular weight excluding hydrogens is 182 g/mol. The minimum atomic E-state index is -0.464. The Kier molecular flexibility index (Phi) is 3.94. The van der Waals surface area contributed by atoms with Crippen molar-refractivity contribution >= 4 is 5.97 Å². The normalized spacial score (nSPS) is 9.79. The number of rotatable bonds is 5. The molecule has 0 fully saturated rings. The standard InChI is InChI=1S/C10H13NO3/c1-8(4-2-6-11)10(12)14-9-5-3-7-13-9/h3,5,7H,1-2,4,6,11H2. The fourth-order valence-corrected chi connectivity index (χ4v) is 0.903. The van der Waals surface area contributed by atoms with Crippen molar-refractivity contribution in [2.45, 2.75) is 12.8 Å². The molecule has 0 radical (unpaired) electrons. The predicted octanol–water partition coefficient (Wildman–Crippen LogP) is 1.48. The molecule has 1 aromatic heterocycles. The summed E-state index contributed by atoms with van der Waals surface area (Å²) < 4.78 is 9.72. The van der Waals surface area contributed by atoms with E-state index in [4.69, 9.17) is 14.9 Å². The third kappa shape index (κ3) is 3.06. The Morgan fingerprint density at radius 1 is 1.64 bits per heavy atom. The second-order valence-electron chi connectivity index (χ2n) is 2.82. The van der Waals surface area contributed by atoms with E-state index in [1.807, 2.05) is 0 Å². The maximum Gasteiger partial charge on any atom is 0.341 e. The molecule has 0 atom stereocenters. The number of nitrogens with two attached hydrogens (primary N) is 1. The lowest BCUT2D eigenvalue weighted by Crippen LogP contribution is -2.11. The molecule has 4 heteroatoms. The molecule has 1 heterocycles. The van der Waals surface area contributed by atoms with E-state index in [1.165, 1.54) is 6.26 Å². The third-order valence-corrected chi connectivity index (χ3v) is 1.66. The minimum Gasteiger partial charge on any atom is -0.434 e. The van der Waals surface area contributed by atoms with Crippen molar-refractivity contribution < 1.29 is 13.9 Å². The smallest absolute Gasteiger partial charge is 0.341 e. The molecule has 0 saturated carbocycles. The van der Waals surface area contributed by atoms with Crippen LogP contribution in [-0.4, -0.2) is 12.5 Å². The van der Waals surface area contributed by atoms with Gasteiger partial charge in [-0.3, -0.25) is 0 Å². The molecule has 0 aliphatic rings. The Morgan fingerprint density at radius 3 is 3.00 bits per heavy atom. The second kappa shape index (κ2) is 5.24. The first-order valence-corrected chi connectivity index (χ1v) is 4.37. The predicted molar refractivity (Wildman–Crippen MR) is 51.8 cm³/mol. The number of carbonyl (C=O) groups excluding carboxylic acids is 1. The molecule has 2 N–H and O–H groups in total. The average Bonchev–Trinajstić information content (AvgIpc) is 2.66. The van der Waals surface area contributed by atoms with Crippen molar-refractivity contribution in [1.82, 2.24) is 0 Å². The summed E-state index contributed by atoms with van der Waals surface area (Å²) in [5.41, 5.74) is 5.71. The van der Waals surface area contributed by atoms with Crippen molar-refractivity contribution in [3.63, 3.8) is 0 Å². The average molecular weight is 195 g/mol. The van der Waals surface area contributed by atoms with Crippen LogP contribution in [0.15, 0.2) is 35.0 Å². The maximum atomic E-state index is 11.3. The van der Waals surface area contributed by atoms with Crippen LogP contribution in [-0.2, 0) is 4.79 Å². The molecule has 0 spiro atoms. The lowest BCUT2D eigenvalue weighted by Gasteiger charge is -2.02. The molecule has 1 rings (SSSR count).